The molecule has 0 fully saturated rings. The van der Waals surface area contributed by atoms with Crippen molar-refractivity contribution >= 4 is 23.1 Å². The topological polar surface area (TPSA) is 62.9 Å². The summed E-state index contributed by atoms with van der Waals surface area (Å²) < 4.78 is 5.63. The van der Waals surface area contributed by atoms with Crippen LogP contribution in [0.25, 0.3) is 0 Å². The summed E-state index contributed by atoms with van der Waals surface area (Å²) in [5, 5.41) is 6.03. The van der Waals surface area contributed by atoms with Crippen molar-refractivity contribution in [1.29, 1.82) is 0 Å². The van der Waals surface area contributed by atoms with Crippen LogP contribution in [0.4, 0.5) is 5.69 Å². The predicted octanol–water partition coefficient (Wildman–Crippen LogP) is 5.85. The molecule has 5 nitrogen and oxygen atoms in total. The summed E-state index contributed by atoms with van der Waals surface area (Å²) in [6.07, 6.45) is 5.25. The number of anilines is 1. The average molecular weight is 429 g/mol. The lowest BCUT2D eigenvalue weighted by Gasteiger charge is -2.31. The van der Waals surface area contributed by atoms with Crippen molar-refractivity contribution in [3.63, 3.8) is 0 Å². The molecule has 0 saturated carbocycles. The maximum atomic E-state index is 13.7. The van der Waals surface area contributed by atoms with E-state index in [9.17, 15) is 9.59 Å². The first-order chi connectivity index (χ1) is 15.0. The first kappa shape index (κ1) is 21.8. The van der Waals surface area contributed by atoms with Gasteiger partial charge in [-0.05, 0) is 52.8 Å². The molecule has 0 radical (unpaired) electrons. The lowest BCUT2D eigenvalue weighted by atomic mass is 9.71. The molecule has 1 aliphatic carbocycles. The van der Waals surface area contributed by atoms with Crippen LogP contribution in [0.3, 0.4) is 0 Å². The molecule has 2 aromatic rings. The van der Waals surface area contributed by atoms with Gasteiger partial charge in [-0.3, -0.25) is 9.59 Å². The molecule has 0 spiro atoms. The molecule has 32 heavy (non-hydrogen) atoms. The van der Waals surface area contributed by atoms with E-state index < -0.39 is 0 Å². The van der Waals surface area contributed by atoms with Gasteiger partial charge in [0.25, 0.3) is 5.91 Å². The standard InChI is InChI=1S/C27H28N2O3/c1-26(2,3)19-15-17(16-20(24(19)30)27(4,5)6)22-23(21-13-10-14-32-21)28-29(25(22)31)18-11-8-7-9-12-18/h7-16H,1-6H3. The van der Waals surface area contributed by atoms with Crippen LogP contribution in [-0.4, -0.2) is 17.4 Å². The molecule has 0 unspecified atom stereocenters. The summed E-state index contributed by atoms with van der Waals surface area (Å²) in [5.74, 6) is 0.282. The second-order valence-corrected chi connectivity index (χ2v) is 10.2. The number of amides is 1. The van der Waals surface area contributed by atoms with Crippen molar-refractivity contribution < 1.29 is 14.0 Å². The maximum absolute atomic E-state index is 13.7. The highest BCUT2D eigenvalue weighted by molar-refractivity contribution is 6.35. The van der Waals surface area contributed by atoms with E-state index >= 15 is 0 Å². The highest BCUT2D eigenvalue weighted by Crippen LogP contribution is 2.41. The molecule has 5 heteroatoms. The minimum absolute atomic E-state index is 0.0243. The third-order valence-electron chi connectivity index (χ3n) is 5.59. The number of Topliss-reactive ketones (excluding diaryl/α,β-unsaturated/α-hetero) is 1. The van der Waals surface area contributed by atoms with Crippen LogP contribution in [0.5, 0.6) is 0 Å². The second kappa shape index (κ2) is 7.59. The molecule has 1 aromatic heterocycles. The van der Waals surface area contributed by atoms with Gasteiger partial charge < -0.3 is 4.42 Å². The van der Waals surface area contributed by atoms with Gasteiger partial charge in [-0.1, -0.05) is 59.7 Å². The van der Waals surface area contributed by atoms with Gasteiger partial charge in [-0.15, -0.1) is 0 Å². The summed E-state index contributed by atoms with van der Waals surface area (Å²) >= 11 is 0. The van der Waals surface area contributed by atoms with E-state index in [-0.39, 0.29) is 22.5 Å². The molecule has 2 aliphatic rings. The van der Waals surface area contributed by atoms with Crippen LogP contribution >= 0.6 is 0 Å². The molecule has 0 atom stereocenters. The minimum atomic E-state index is -0.379. The van der Waals surface area contributed by atoms with Gasteiger partial charge in [0.1, 0.15) is 5.71 Å². The number of ketones is 1. The summed E-state index contributed by atoms with van der Waals surface area (Å²) in [4.78, 5) is 27.0. The normalized spacial score (nSPS) is 17.6. The molecule has 4 rings (SSSR count). The molecule has 1 aromatic carbocycles. The van der Waals surface area contributed by atoms with E-state index in [1.807, 2.05) is 84.0 Å². The van der Waals surface area contributed by atoms with Crippen molar-refractivity contribution in [1.82, 2.24) is 0 Å². The number of carbonyl (C=O) groups is 2. The van der Waals surface area contributed by atoms with Gasteiger partial charge >= 0.3 is 0 Å². The smallest absolute Gasteiger partial charge is 0.281 e. The molecule has 164 valence electrons. The molecule has 0 saturated heterocycles. The fraction of sp³-hybridized carbons (Fsp3) is 0.296. The maximum Gasteiger partial charge on any atom is 0.281 e. The number of rotatable bonds is 2. The number of furan rings is 1. The summed E-state index contributed by atoms with van der Waals surface area (Å²) in [7, 11) is 0. The van der Waals surface area contributed by atoms with Crippen LogP contribution in [-0.2, 0) is 9.59 Å². The van der Waals surface area contributed by atoms with Gasteiger partial charge in [-0.25, -0.2) is 0 Å². The number of hydrazone groups is 1. The Bertz CT molecular complexity index is 1160. The van der Waals surface area contributed by atoms with Gasteiger partial charge in [-0.2, -0.15) is 10.1 Å². The second-order valence-electron chi connectivity index (χ2n) is 10.2. The fourth-order valence-corrected chi connectivity index (χ4v) is 3.88. The fourth-order valence-electron chi connectivity index (χ4n) is 3.88. The van der Waals surface area contributed by atoms with Crippen molar-refractivity contribution in [2.24, 2.45) is 15.9 Å². The SMILES string of the molecule is CC(C)(C)C1=CC(=C2C(=O)N(c3ccccc3)N=C2c2ccco2)C=C(C(C)(C)C)C1=O. The van der Waals surface area contributed by atoms with E-state index in [1.165, 1.54) is 5.01 Å². The quantitative estimate of drug-likeness (QED) is 0.563. The zero-order valence-corrected chi connectivity index (χ0v) is 19.4. The summed E-state index contributed by atoms with van der Waals surface area (Å²) in [6, 6.07) is 12.9. The van der Waals surface area contributed by atoms with Gasteiger partial charge in [0.2, 0.25) is 0 Å². The van der Waals surface area contributed by atoms with Crippen LogP contribution in [0.2, 0.25) is 0 Å². The Labute approximate surface area is 188 Å². The third-order valence-corrected chi connectivity index (χ3v) is 5.59. The Balaban J connectivity index is 1.98. The van der Waals surface area contributed by atoms with Crippen LogP contribution in [0, 0.1) is 10.8 Å². The van der Waals surface area contributed by atoms with Crippen molar-refractivity contribution in [3.05, 3.63) is 88.9 Å². The van der Waals surface area contributed by atoms with Crippen LogP contribution < -0.4 is 5.01 Å². The summed E-state index contributed by atoms with van der Waals surface area (Å²) in [6.45, 7) is 12.1. The molecule has 0 N–H and O–H groups in total. The largest absolute Gasteiger partial charge is 0.463 e. The van der Waals surface area contributed by atoms with E-state index in [2.05, 4.69) is 5.10 Å². The summed E-state index contributed by atoms with van der Waals surface area (Å²) in [5.41, 5.74) is 2.84. The van der Waals surface area contributed by atoms with Gasteiger partial charge in [0.15, 0.2) is 11.5 Å². The van der Waals surface area contributed by atoms with Gasteiger partial charge in [0.05, 0.1) is 17.5 Å². The third kappa shape index (κ3) is 3.79. The van der Waals surface area contributed by atoms with Crippen LogP contribution in [0.1, 0.15) is 47.3 Å². The molecular formula is C27H28N2O3. The molecule has 1 aliphatic heterocycles. The van der Waals surface area contributed by atoms with Crippen molar-refractivity contribution in [2.75, 3.05) is 5.01 Å². The minimum Gasteiger partial charge on any atom is -0.463 e. The monoisotopic (exact) mass is 428 g/mol. The molecule has 2 heterocycles. The first-order valence-electron chi connectivity index (χ1n) is 10.7. The number of carbonyl (C=O) groups excluding carboxylic acids is 2. The molecule has 0 bridgehead atoms. The number of para-hydroxylation sites is 1. The lowest BCUT2D eigenvalue weighted by Crippen LogP contribution is -2.29. The zero-order chi connectivity index (χ0) is 23.3. The number of benzene rings is 1. The number of hydrogen-bond acceptors (Lipinski definition) is 4. The molecule has 1 amide bonds. The average Bonchev–Trinajstić information content (AvgIpc) is 3.35. The lowest BCUT2D eigenvalue weighted by molar-refractivity contribution is -0.115. The van der Waals surface area contributed by atoms with E-state index in [1.54, 1.807) is 18.4 Å². The van der Waals surface area contributed by atoms with Crippen molar-refractivity contribution in [3.8, 4) is 0 Å². The first-order valence-corrected chi connectivity index (χ1v) is 10.7. The highest BCUT2D eigenvalue weighted by atomic mass is 16.3. The Morgan fingerprint density at radius 1 is 0.812 bits per heavy atom. The van der Waals surface area contributed by atoms with Crippen molar-refractivity contribution in [2.45, 2.75) is 41.5 Å². The van der Waals surface area contributed by atoms with Gasteiger partial charge in [0, 0.05) is 11.1 Å². The van der Waals surface area contributed by atoms with Crippen LogP contribution in [0.15, 0.2) is 92.7 Å². The Hall–Kier alpha value is -3.47. The van der Waals surface area contributed by atoms with E-state index in [0.29, 0.717) is 39.5 Å². The number of hydrogen-bond donors (Lipinski definition) is 0. The highest BCUT2D eigenvalue weighted by Gasteiger charge is 2.39. The molecular weight excluding hydrogens is 400 g/mol. The van der Waals surface area contributed by atoms with E-state index in [4.69, 9.17) is 4.42 Å². The Kier molecular flexibility index (Phi) is 5.16. The number of allylic oxidation sites excluding steroid dienone is 5. The van der Waals surface area contributed by atoms with E-state index in [0.717, 1.165) is 0 Å². The Morgan fingerprint density at radius 2 is 1.41 bits per heavy atom. The zero-order valence-electron chi connectivity index (χ0n) is 19.4. The number of nitrogens with zero attached hydrogens (tertiary/aromatic N) is 2. The predicted molar refractivity (Wildman–Crippen MR) is 126 cm³/mol. The Morgan fingerprint density at radius 3 is 1.91 bits per heavy atom.